The van der Waals surface area contributed by atoms with Crippen molar-refractivity contribution in [1.29, 1.82) is 0 Å². The number of halogens is 3. The molecular weight excluding hydrogens is 469 g/mol. The van der Waals surface area contributed by atoms with Crippen LogP contribution in [0.5, 0.6) is 0 Å². The summed E-state index contributed by atoms with van der Waals surface area (Å²) < 4.78 is 40.8. The Labute approximate surface area is 205 Å². The van der Waals surface area contributed by atoms with Crippen molar-refractivity contribution >= 4 is 23.1 Å². The van der Waals surface area contributed by atoms with E-state index in [4.69, 9.17) is 0 Å². The molecule has 0 saturated carbocycles. The molecule has 1 aliphatic heterocycles. The van der Waals surface area contributed by atoms with Crippen LogP contribution in [-0.4, -0.2) is 32.6 Å². The van der Waals surface area contributed by atoms with E-state index in [9.17, 15) is 22.8 Å². The number of rotatable bonds is 4. The molecule has 36 heavy (non-hydrogen) atoms. The first-order chi connectivity index (χ1) is 17.2. The van der Waals surface area contributed by atoms with Gasteiger partial charge in [0.1, 0.15) is 5.65 Å². The van der Waals surface area contributed by atoms with Gasteiger partial charge in [-0.1, -0.05) is 18.2 Å². The molecule has 0 saturated heterocycles. The summed E-state index contributed by atoms with van der Waals surface area (Å²) in [7, 11) is 0. The molecule has 2 aromatic heterocycles. The zero-order valence-corrected chi connectivity index (χ0v) is 19.5. The average Bonchev–Trinajstić information content (AvgIpc) is 3.26. The van der Waals surface area contributed by atoms with Crippen LogP contribution in [-0.2, 0) is 30.4 Å². The van der Waals surface area contributed by atoms with Crippen molar-refractivity contribution in [2.45, 2.75) is 32.5 Å². The highest BCUT2D eigenvalue weighted by atomic mass is 19.4. The number of amides is 2. The number of anilines is 1. The predicted octanol–water partition coefficient (Wildman–Crippen LogP) is 5.04. The summed E-state index contributed by atoms with van der Waals surface area (Å²) in [6, 6.07) is 14.2. The number of imidazole rings is 1. The van der Waals surface area contributed by atoms with Crippen molar-refractivity contribution < 1.29 is 22.8 Å². The van der Waals surface area contributed by atoms with Crippen LogP contribution in [0.25, 0.3) is 5.65 Å². The lowest BCUT2D eigenvalue weighted by atomic mass is 9.94. The molecule has 0 spiro atoms. The maximum Gasteiger partial charge on any atom is 0.416 e. The number of aryl methyl sites for hydroxylation is 1. The second-order valence-corrected chi connectivity index (χ2v) is 8.85. The van der Waals surface area contributed by atoms with Crippen LogP contribution in [0.1, 0.15) is 38.3 Å². The number of hydrogen-bond donors (Lipinski definition) is 1. The third-order valence-electron chi connectivity index (χ3n) is 6.50. The fraction of sp³-hybridized carbons (Fsp3) is 0.222. The minimum Gasteiger partial charge on any atom is -0.338 e. The molecule has 1 N–H and O–H groups in total. The van der Waals surface area contributed by atoms with E-state index in [2.05, 4.69) is 10.3 Å². The Morgan fingerprint density at radius 1 is 1.08 bits per heavy atom. The van der Waals surface area contributed by atoms with Gasteiger partial charge in [-0.2, -0.15) is 13.2 Å². The molecule has 0 atom stereocenters. The Hall–Kier alpha value is -4.14. The molecule has 0 aliphatic carbocycles. The quantitative estimate of drug-likeness (QED) is 0.434. The molecule has 3 heterocycles. The van der Waals surface area contributed by atoms with Crippen LogP contribution in [0.2, 0.25) is 0 Å². The van der Waals surface area contributed by atoms with Crippen molar-refractivity contribution in [3.05, 3.63) is 101 Å². The van der Waals surface area contributed by atoms with Gasteiger partial charge in [0, 0.05) is 36.7 Å². The summed E-state index contributed by atoms with van der Waals surface area (Å²) >= 11 is 0. The molecule has 2 aromatic carbocycles. The Bertz CT molecular complexity index is 1480. The van der Waals surface area contributed by atoms with E-state index in [-0.39, 0.29) is 18.9 Å². The predicted molar refractivity (Wildman–Crippen MR) is 129 cm³/mol. The first-order valence-corrected chi connectivity index (χ1v) is 11.5. The first-order valence-electron chi connectivity index (χ1n) is 11.5. The van der Waals surface area contributed by atoms with E-state index >= 15 is 0 Å². The normalized spacial score (nSPS) is 13.5. The van der Waals surface area contributed by atoms with Crippen LogP contribution < -0.4 is 5.32 Å². The van der Waals surface area contributed by atoms with Gasteiger partial charge in [0.05, 0.1) is 17.7 Å². The van der Waals surface area contributed by atoms with Crippen molar-refractivity contribution in [2.24, 2.45) is 0 Å². The highest BCUT2D eigenvalue weighted by molar-refractivity contribution is 6.06. The number of pyridine rings is 1. The lowest BCUT2D eigenvalue weighted by molar-refractivity contribution is -0.137. The highest BCUT2D eigenvalue weighted by Crippen LogP contribution is 2.32. The second kappa shape index (κ2) is 9.14. The zero-order chi connectivity index (χ0) is 25.4. The van der Waals surface area contributed by atoms with E-state index in [1.807, 2.05) is 34.9 Å². The minimum atomic E-state index is -4.45. The summed E-state index contributed by atoms with van der Waals surface area (Å²) in [4.78, 5) is 32.4. The monoisotopic (exact) mass is 492 g/mol. The van der Waals surface area contributed by atoms with E-state index in [1.54, 1.807) is 23.2 Å². The van der Waals surface area contributed by atoms with E-state index in [0.29, 0.717) is 29.8 Å². The number of carbonyl (C=O) groups is 2. The van der Waals surface area contributed by atoms with Crippen LogP contribution in [0.4, 0.5) is 18.9 Å². The standard InChI is InChI=1S/C27H23F3N4O2/c1-17-13-19(27(28,29)30)8-9-23(17)32-26(36)21-6-4-5-18-10-12-33(16-22(18)21)25(35)14-20-15-31-24-7-2-3-11-34(20)24/h2-9,11,13,15H,10,12,14,16H2,1H3,(H,32,36). The second-order valence-electron chi connectivity index (χ2n) is 8.85. The summed E-state index contributed by atoms with van der Waals surface area (Å²) in [5.41, 5.74) is 3.53. The fourth-order valence-corrected chi connectivity index (χ4v) is 4.56. The van der Waals surface area contributed by atoms with Crippen molar-refractivity contribution in [1.82, 2.24) is 14.3 Å². The van der Waals surface area contributed by atoms with Gasteiger partial charge < -0.3 is 14.6 Å². The lowest BCUT2D eigenvalue weighted by Gasteiger charge is -2.30. The Kier molecular flexibility index (Phi) is 5.99. The summed E-state index contributed by atoms with van der Waals surface area (Å²) in [5.74, 6) is -0.495. The van der Waals surface area contributed by atoms with E-state index < -0.39 is 17.6 Å². The van der Waals surface area contributed by atoms with Crippen LogP contribution >= 0.6 is 0 Å². The van der Waals surface area contributed by atoms with Gasteiger partial charge in [-0.3, -0.25) is 9.59 Å². The van der Waals surface area contributed by atoms with Crippen molar-refractivity contribution in [3.63, 3.8) is 0 Å². The molecule has 0 radical (unpaired) electrons. The molecule has 0 fully saturated rings. The Morgan fingerprint density at radius 3 is 2.69 bits per heavy atom. The third kappa shape index (κ3) is 4.56. The molecule has 184 valence electrons. The maximum atomic E-state index is 13.2. The molecule has 2 amide bonds. The molecule has 1 aliphatic rings. The number of nitrogens with zero attached hydrogens (tertiary/aromatic N) is 3. The zero-order valence-electron chi connectivity index (χ0n) is 19.5. The number of alkyl halides is 3. The van der Waals surface area contributed by atoms with E-state index in [0.717, 1.165) is 34.6 Å². The molecule has 0 bridgehead atoms. The van der Waals surface area contributed by atoms with Crippen molar-refractivity contribution in [2.75, 3.05) is 11.9 Å². The fourth-order valence-electron chi connectivity index (χ4n) is 4.56. The lowest BCUT2D eigenvalue weighted by Crippen LogP contribution is -2.38. The summed E-state index contributed by atoms with van der Waals surface area (Å²) in [6.45, 7) is 2.33. The van der Waals surface area contributed by atoms with Crippen LogP contribution in [0.3, 0.4) is 0 Å². The molecule has 9 heteroatoms. The number of nitrogens with one attached hydrogen (secondary N) is 1. The topological polar surface area (TPSA) is 66.7 Å². The number of aromatic nitrogens is 2. The van der Waals surface area contributed by atoms with Gasteiger partial charge in [0.15, 0.2) is 0 Å². The molecule has 6 nitrogen and oxygen atoms in total. The van der Waals surface area contributed by atoms with Gasteiger partial charge in [0.2, 0.25) is 5.91 Å². The van der Waals surface area contributed by atoms with Crippen molar-refractivity contribution in [3.8, 4) is 0 Å². The van der Waals surface area contributed by atoms with Gasteiger partial charge in [-0.25, -0.2) is 4.98 Å². The Morgan fingerprint density at radius 2 is 1.92 bits per heavy atom. The first kappa shape index (κ1) is 23.6. The summed E-state index contributed by atoms with van der Waals surface area (Å²) in [6.07, 6.45) is -0.113. The van der Waals surface area contributed by atoms with Gasteiger partial charge >= 0.3 is 6.18 Å². The average molecular weight is 493 g/mol. The largest absolute Gasteiger partial charge is 0.416 e. The molecule has 4 aromatic rings. The number of benzene rings is 2. The number of hydrogen-bond acceptors (Lipinski definition) is 3. The van der Waals surface area contributed by atoms with E-state index in [1.165, 1.54) is 13.0 Å². The summed E-state index contributed by atoms with van der Waals surface area (Å²) in [5, 5.41) is 2.73. The SMILES string of the molecule is Cc1cc(C(F)(F)F)ccc1NC(=O)c1cccc2c1CN(C(=O)Cc1cnc3ccccn13)CC2. The Balaban J connectivity index is 1.34. The van der Waals surface area contributed by atoms with Gasteiger partial charge in [-0.05, 0) is 66.4 Å². The number of carbonyl (C=O) groups excluding carboxylic acids is 2. The highest BCUT2D eigenvalue weighted by Gasteiger charge is 2.31. The molecular formula is C27H23F3N4O2. The smallest absolute Gasteiger partial charge is 0.338 e. The molecule has 5 rings (SSSR count). The minimum absolute atomic E-state index is 0.0694. The van der Waals surface area contributed by atoms with Crippen LogP contribution in [0, 0.1) is 6.92 Å². The number of fused-ring (bicyclic) bond motifs is 2. The van der Waals surface area contributed by atoms with Crippen LogP contribution in [0.15, 0.2) is 67.0 Å². The molecule has 0 unspecified atom stereocenters. The van der Waals surface area contributed by atoms with Gasteiger partial charge in [-0.15, -0.1) is 0 Å². The van der Waals surface area contributed by atoms with Gasteiger partial charge in [0.25, 0.3) is 5.91 Å². The maximum absolute atomic E-state index is 13.2. The third-order valence-corrected chi connectivity index (χ3v) is 6.50.